The highest BCUT2D eigenvalue weighted by molar-refractivity contribution is 7.98. The average Bonchev–Trinajstić information content (AvgIpc) is 3.32. The third-order valence-electron chi connectivity index (χ3n) is 5.01. The lowest BCUT2D eigenvalue weighted by Crippen LogP contribution is -2.27. The first-order valence-electron chi connectivity index (χ1n) is 10.6. The van der Waals surface area contributed by atoms with Gasteiger partial charge in [0.1, 0.15) is 11.5 Å². The first-order chi connectivity index (χ1) is 16.7. The first-order valence-corrected chi connectivity index (χ1v) is 11.6. The number of benzene rings is 2. The Kier molecular flexibility index (Phi) is 7.71. The van der Waals surface area contributed by atoms with Crippen LogP contribution in [0.1, 0.15) is 21.7 Å². The molecule has 9 nitrogen and oxygen atoms in total. The van der Waals surface area contributed by atoms with Gasteiger partial charge in [-0.3, -0.25) is 4.79 Å². The predicted octanol–water partition coefficient (Wildman–Crippen LogP) is 3.34. The van der Waals surface area contributed by atoms with Gasteiger partial charge in [-0.05, 0) is 54.4 Å². The van der Waals surface area contributed by atoms with E-state index in [4.69, 9.17) is 9.47 Å². The Balaban J connectivity index is 1.52. The van der Waals surface area contributed by atoms with E-state index < -0.39 is 0 Å². The molecule has 2 aromatic heterocycles. The van der Waals surface area contributed by atoms with Crippen molar-refractivity contribution in [3.05, 3.63) is 83.9 Å². The molecule has 0 spiro atoms. The Morgan fingerprint density at radius 1 is 1.00 bits per heavy atom. The number of thioether (sulfide) groups is 1. The predicted molar refractivity (Wildman–Crippen MR) is 129 cm³/mol. The summed E-state index contributed by atoms with van der Waals surface area (Å²) in [6.07, 6.45) is 4.03. The van der Waals surface area contributed by atoms with E-state index in [0.29, 0.717) is 29.6 Å². The van der Waals surface area contributed by atoms with Crippen LogP contribution in [0, 0.1) is 0 Å². The number of rotatable bonds is 10. The Hall–Kier alpha value is -3.92. The third kappa shape index (κ3) is 5.70. The molecule has 174 valence electrons. The van der Waals surface area contributed by atoms with Crippen molar-refractivity contribution in [3.63, 3.8) is 0 Å². The second kappa shape index (κ2) is 11.3. The number of amides is 1. The van der Waals surface area contributed by atoms with Gasteiger partial charge in [-0.1, -0.05) is 29.1 Å². The molecule has 10 heteroatoms. The van der Waals surface area contributed by atoms with E-state index in [1.165, 1.54) is 11.8 Å². The molecule has 0 atom stereocenters. The van der Waals surface area contributed by atoms with E-state index in [-0.39, 0.29) is 11.6 Å². The van der Waals surface area contributed by atoms with E-state index in [1.54, 1.807) is 37.4 Å². The summed E-state index contributed by atoms with van der Waals surface area (Å²) in [7, 11) is 3.24. The highest BCUT2D eigenvalue weighted by Crippen LogP contribution is 2.24. The van der Waals surface area contributed by atoms with Crippen molar-refractivity contribution >= 4 is 17.7 Å². The van der Waals surface area contributed by atoms with Crippen molar-refractivity contribution in [2.75, 3.05) is 20.8 Å². The summed E-state index contributed by atoms with van der Waals surface area (Å²) in [5.41, 5.74) is 2.76. The minimum atomic E-state index is -0.285. The average molecular weight is 477 g/mol. The molecule has 0 saturated carbocycles. The molecule has 4 rings (SSSR count). The van der Waals surface area contributed by atoms with Crippen molar-refractivity contribution in [1.82, 2.24) is 30.3 Å². The van der Waals surface area contributed by atoms with Gasteiger partial charge >= 0.3 is 0 Å². The number of carbonyl (C=O) groups is 1. The quantitative estimate of drug-likeness (QED) is 0.275. The molecule has 0 aliphatic carbocycles. The topological polar surface area (TPSA) is 104 Å². The van der Waals surface area contributed by atoms with Crippen molar-refractivity contribution in [2.45, 2.75) is 17.3 Å². The van der Waals surface area contributed by atoms with E-state index in [2.05, 4.69) is 25.6 Å². The fourth-order valence-electron chi connectivity index (χ4n) is 3.26. The molecule has 1 N–H and O–H groups in total. The Morgan fingerprint density at radius 2 is 1.76 bits per heavy atom. The summed E-state index contributed by atoms with van der Waals surface area (Å²) in [6.45, 7) is 0.454. The molecule has 4 aromatic rings. The van der Waals surface area contributed by atoms with Gasteiger partial charge in [0.15, 0.2) is 10.9 Å². The maximum absolute atomic E-state index is 13.0. The smallest absolute Gasteiger partial charge is 0.273 e. The fraction of sp³-hybridized carbons (Fsp3) is 0.208. The van der Waals surface area contributed by atoms with Gasteiger partial charge in [0.2, 0.25) is 0 Å². The number of nitrogens with zero attached hydrogens (tertiary/aromatic N) is 5. The molecule has 0 fully saturated rings. The summed E-state index contributed by atoms with van der Waals surface area (Å²) in [4.78, 5) is 21.5. The molecule has 2 aromatic carbocycles. The molecule has 34 heavy (non-hydrogen) atoms. The van der Waals surface area contributed by atoms with E-state index in [0.717, 1.165) is 22.7 Å². The molecule has 0 saturated heterocycles. The largest absolute Gasteiger partial charge is 0.497 e. The number of methoxy groups -OCH3 is 2. The zero-order chi connectivity index (χ0) is 23.8. The lowest BCUT2D eigenvalue weighted by Gasteiger charge is -2.09. The van der Waals surface area contributed by atoms with E-state index in [9.17, 15) is 4.79 Å². The minimum absolute atomic E-state index is 0.268. The third-order valence-corrected chi connectivity index (χ3v) is 5.90. The number of nitrogens with one attached hydrogen (secondary N) is 1. The zero-order valence-corrected chi connectivity index (χ0v) is 19.7. The van der Waals surface area contributed by atoms with Crippen LogP contribution in [0.5, 0.6) is 11.5 Å². The molecule has 0 radical (unpaired) electrons. The second-order valence-electron chi connectivity index (χ2n) is 7.17. The lowest BCUT2D eigenvalue weighted by atomic mass is 10.1. The van der Waals surface area contributed by atoms with Gasteiger partial charge in [-0.15, -0.1) is 5.10 Å². The number of aromatic nitrogens is 5. The molecule has 2 heterocycles. The summed E-state index contributed by atoms with van der Waals surface area (Å²) in [6, 6.07) is 16.9. The number of hydrogen-bond acceptors (Lipinski definition) is 8. The highest BCUT2D eigenvalue weighted by atomic mass is 32.2. The molecule has 0 aliphatic heterocycles. The normalized spacial score (nSPS) is 10.6. The van der Waals surface area contributed by atoms with Gasteiger partial charge in [0.25, 0.3) is 5.91 Å². The van der Waals surface area contributed by atoms with Gasteiger partial charge in [-0.25, -0.2) is 14.6 Å². The van der Waals surface area contributed by atoms with Crippen molar-refractivity contribution in [1.29, 1.82) is 0 Å². The van der Waals surface area contributed by atoms with Crippen molar-refractivity contribution in [2.24, 2.45) is 0 Å². The maximum atomic E-state index is 13.0. The summed E-state index contributed by atoms with van der Waals surface area (Å²) >= 11 is 1.41. The van der Waals surface area contributed by atoms with Crippen LogP contribution >= 0.6 is 11.8 Å². The maximum Gasteiger partial charge on any atom is 0.273 e. The van der Waals surface area contributed by atoms with Gasteiger partial charge in [0, 0.05) is 24.7 Å². The van der Waals surface area contributed by atoms with Crippen molar-refractivity contribution in [3.8, 4) is 17.2 Å². The highest BCUT2D eigenvalue weighted by Gasteiger charge is 2.21. The summed E-state index contributed by atoms with van der Waals surface area (Å²) in [5.74, 6) is 1.65. The van der Waals surface area contributed by atoms with Crippen LogP contribution in [0.15, 0.2) is 72.1 Å². The number of carbonyl (C=O) groups excluding carboxylic acids is 1. The summed E-state index contributed by atoms with van der Waals surface area (Å²) in [5, 5.41) is 12.0. The van der Waals surface area contributed by atoms with Gasteiger partial charge in [-0.2, -0.15) is 0 Å². The van der Waals surface area contributed by atoms with E-state index >= 15 is 0 Å². The lowest BCUT2D eigenvalue weighted by molar-refractivity contribution is 0.0948. The standard InChI is InChI=1S/C24H24N6O3S/c1-32-19-9-7-18(8-10-19)30-21(16-34-24-26-12-4-13-27-24)22(28-29-30)23(31)25-14-11-17-5-3-6-20(15-17)33-2/h3-10,12-13,15H,11,14,16H2,1-2H3,(H,25,31). The van der Waals surface area contributed by atoms with E-state index in [1.807, 2.05) is 48.5 Å². The number of ether oxygens (including phenoxy) is 2. The SMILES string of the molecule is COc1ccc(-n2nnc(C(=O)NCCc3cccc(OC)c3)c2CSc2ncccn2)cc1. The van der Waals surface area contributed by atoms with Gasteiger partial charge in [0.05, 0.1) is 25.6 Å². The molecule has 0 bridgehead atoms. The summed E-state index contributed by atoms with van der Waals surface area (Å²) < 4.78 is 12.2. The monoisotopic (exact) mass is 476 g/mol. The Labute approximate surface area is 201 Å². The fourth-order valence-corrected chi connectivity index (χ4v) is 4.06. The molecule has 0 unspecified atom stereocenters. The van der Waals surface area contributed by atoms with Crippen LogP contribution in [0.4, 0.5) is 0 Å². The second-order valence-corrected chi connectivity index (χ2v) is 8.11. The van der Waals surface area contributed by atoms with Crippen LogP contribution < -0.4 is 14.8 Å². The Morgan fingerprint density at radius 3 is 2.50 bits per heavy atom. The van der Waals surface area contributed by atoms with Crippen LogP contribution in [0.2, 0.25) is 0 Å². The van der Waals surface area contributed by atoms with Crippen LogP contribution in [0.3, 0.4) is 0 Å². The molecular formula is C24H24N6O3S. The van der Waals surface area contributed by atoms with Crippen LogP contribution in [-0.4, -0.2) is 51.6 Å². The molecular weight excluding hydrogens is 452 g/mol. The Bertz CT molecular complexity index is 1230. The van der Waals surface area contributed by atoms with Crippen LogP contribution in [0.25, 0.3) is 5.69 Å². The zero-order valence-electron chi connectivity index (χ0n) is 18.8. The minimum Gasteiger partial charge on any atom is -0.497 e. The van der Waals surface area contributed by atoms with Crippen molar-refractivity contribution < 1.29 is 14.3 Å². The molecule has 0 aliphatic rings. The van der Waals surface area contributed by atoms with Crippen LogP contribution in [-0.2, 0) is 12.2 Å². The number of hydrogen-bond donors (Lipinski definition) is 1. The molecule has 1 amide bonds. The first kappa shape index (κ1) is 23.2. The van der Waals surface area contributed by atoms with Gasteiger partial charge < -0.3 is 14.8 Å².